The molecule has 0 atom stereocenters. The summed E-state index contributed by atoms with van der Waals surface area (Å²) in [6.07, 6.45) is 0.916. The molecule has 2 N–H and O–H groups in total. The number of aromatic nitrogens is 2. The van der Waals surface area contributed by atoms with Crippen LogP contribution in [0.4, 0.5) is 5.69 Å². The van der Waals surface area contributed by atoms with Gasteiger partial charge in [-0.2, -0.15) is 0 Å². The van der Waals surface area contributed by atoms with Gasteiger partial charge in [0.05, 0.1) is 12.3 Å². The highest BCUT2D eigenvalue weighted by molar-refractivity contribution is 7.80. The summed E-state index contributed by atoms with van der Waals surface area (Å²) in [5, 5.41) is 15.5. The molecule has 2 rings (SSSR count). The van der Waals surface area contributed by atoms with Gasteiger partial charge in [-0.1, -0.05) is 51.1 Å². The largest absolute Gasteiger partial charge is 0.477 e. The van der Waals surface area contributed by atoms with E-state index in [1.807, 2.05) is 36.4 Å². The van der Waals surface area contributed by atoms with E-state index in [-0.39, 0.29) is 0 Å². The summed E-state index contributed by atoms with van der Waals surface area (Å²) in [6, 6.07) is 11.7. The summed E-state index contributed by atoms with van der Waals surface area (Å²) in [4.78, 5) is 0. The number of nitrogens with zero attached hydrogens (tertiary/aromatic N) is 2. The fourth-order valence-electron chi connectivity index (χ4n) is 2.02. The van der Waals surface area contributed by atoms with Crippen LogP contribution in [-0.4, -0.2) is 28.5 Å². The Hall–Kier alpha value is -2.21. The molecule has 24 heavy (non-hydrogen) atoms. The van der Waals surface area contributed by atoms with Gasteiger partial charge < -0.3 is 15.4 Å². The molecule has 0 radical (unpaired) electrons. The average Bonchev–Trinajstić information content (AvgIpc) is 2.59. The lowest BCUT2D eigenvalue weighted by molar-refractivity contribution is 0.302. The monoisotopic (exact) mass is 344 g/mol. The van der Waals surface area contributed by atoms with Gasteiger partial charge in [-0.3, -0.25) is 0 Å². The maximum absolute atomic E-state index is 5.59. The number of ether oxygens (including phenoxy) is 1. The molecule has 2 aromatic rings. The lowest BCUT2D eigenvalue weighted by atomic mass is 10.1. The summed E-state index contributed by atoms with van der Waals surface area (Å²) in [5.41, 5.74) is 2.50. The predicted octanol–water partition coefficient (Wildman–Crippen LogP) is 3.87. The van der Waals surface area contributed by atoms with Gasteiger partial charge in [0.1, 0.15) is 5.69 Å². The minimum Gasteiger partial charge on any atom is -0.477 e. The molecule has 128 valence electrons. The highest BCUT2D eigenvalue weighted by Crippen LogP contribution is 2.27. The van der Waals surface area contributed by atoms with Crippen molar-refractivity contribution in [2.75, 3.05) is 18.5 Å². The molecule has 5 nitrogen and oxygen atoms in total. The molecule has 1 aromatic heterocycles. The first kappa shape index (κ1) is 18.1. The Balaban J connectivity index is 2.24. The third kappa shape index (κ3) is 5.45. The first-order chi connectivity index (χ1) is 11.6. The van der Waals surface area contributed by atoms with Crippen LogP contribution in [-0.2, 0) is 0 Å². The smallest absolute Gasteiger partial charge is 0.235 e. The van der Waals surface area contributed by atoms with Gasteiger partial charge >= 0.3 is 0 Å². The van der Waals surface area contributed by atoms with Crippen LogP contribution in [0.2, 0.25) is 0 Å². The van der Waals surface area contributed by atoms with Crippen LogP contribution in [0, 0.1) is 5.92 Å². The first-order valence-electron chi connectivity index (χ1n) is 8.21. The van der Waals surface area contributed by atoms with Gasteiger partial charge in [0.15, 0.2) is 5.11 Å². The van der Waals surface area contributed by atoms with Crippen LogP contribution >= 0.6 is 12.2 Å². The van der Waals surface area contributed by atoms with Crippen molar-refractivity contribution in [1.82, 2.24) is 15.5 Å². The number of thiocarbonyl (C=S) groups is 1. The Labute approximate surface area is 148 Å². The third-order valence-corrected chi connectivity index (χ3v) is 3.44. The Morgan fingerprint density at radius 2 is 1.96 bits per heavy atom. The standard InChI is InChI=1S/C18H24N4OS/c1-4-10-23-16-11-15(20-18(24)19-12-13(2)3)17(22-21-16)14-8-6-5-7-9-14/h5-9,11,13H,4,10,12H2,1-3H3,(H2,19,20,21,24). The normalized spacial score (nSPS) is 10.5. The molecule has 0 spiro atoms. The molecule has 0 saturated carbocycles. The molecule has 0 unspecified atom stereocenters. The summed E-state index contributed by atoms with van der Waals surface area (Å²) in [7, 11) is 0. The molecule has 0 aliphatic carbocycles. The molecule has 0 fully saturated rings. The first-order valence-corrected chi connectivity index (χ1v) is 8.61. The number of rotatable bonds is 7. The van der Waals surface area contributed by atoms with E-state index in [1.54, 1.807) is 0 Å². The number of hydrogen-bond donors (Lipinski definition) is 2. The van der Waals surface area contributed by atoms with E-state index < -0.39 is 0 Å². The van der Waals surface area contributed by atoms with E-state index in [0.717, 1.165) is 29.9 Å². The molecule has 6 heteroatoms. The molecule has 0 bridgehead atoms. The lowest BCUT2D eigenvalue weighted by Crippen LogP contribution is -2.31. The number of anilines is 1. The van der Waals surface area contributed by atoms with Gasteiger partial charge in [0.2, 0.25) is 5.88 Å². The molecule has 1 aromatic carbocycles. The van der Waals surface area contributed by atoms with Crippen LogP contribution in [0.5, 0.6) is 5.88 Å². The van der Waals surface area contributed by atoms with Crippen molar-refractivity contribution in [2.24, 2.45) is 5.92 Å². The highest BCUT2D eigenvalue weighted by atomic mass is 32.1. The van der Waals surface area contributed by atoms with Crippen molar-refractivity contribution in [3.8, 4) is 17.1 Å². The second kappa shape index (κ2) is 9.17. The van der Waals surface area contributed by atoms with Gasteiger partial charge in [-0.05, 0) is 24.6 Å². The van der Waals surface area contributed by atoms with Gasteiger partial charge in [-0.15, -0.1) is 10.2 Å². The van der Waals surface area contributed by atoms with E-state index in [4.69, 9.17) is 17.0 Å². The van der Waals surface area contributed by atoms with E-state index >= 15 is 0 Å². The summed E-state index contributed by atoms with van der Waals surface area (Å²) >= 11 is 5.38. The number of nitrogens with one attached hydrogen (secondary N) is 2. The zero-order chi connectivity index (χ0) is 17.4. The molecular weight excluding hydrogens is 320 g/mol. The Kier molecular flexibility index (Phi) is 6.93. The molecule has 1 heterocycles. The highest BCUT2D eigenvalue weighted by Gasteiger charge is 2.12. The topological polar surface area (TPSA) is 59.1 Å². The molecular formula is C18H24N4OS. The fourth-order valence-corrected chi connectivity index (χ4v) is 2.21. The van der Waals surface area contributed by atoms with Crippen LogP contribution in [0.15, 0.2) is 36.4 Å². The van der Waals surface area contributed by atoms with Crippen LogP contribution in [0.1, 0.15) is 27.2 Å². The van der Waals surface area contributed by atoms with Crippen molar-refractivity contribution in [3.63, 3.8) is 0 Å². The maximum atomic E-state index is 5.59. The van der Waals surface area contributed by atoms with E-state index in [2.05, 4.69) is 41.6 Å². The summed E-state index contributed by atoms with van der Waals surface area (Å²) in [5.74, 6) is 1.00. The quantitative estimate of drug-likeness (QED) is 0.744. The zero-order valence-electron chi connectivity index (χ0n) is 14.4. The van der Waals surface area contributed by atoms with Gasteiger partial charge in [0.25, 0.3) is 0 Å². The predicted molar refractivity (Wildman–Crippen MR) is 102 cm³/mol. The van der Waals surface area contributed by atoms with Crippen molar-refractivity contribution in [1.29, 1.82) is 0 Å². The summed E-state index contributed by atoms with van der Waals surface area (Å²) in [6.45, 7) is 7.74. The van der Waals surface area contributed by atoms with Crippen LogP contribution < -0.4 is 15.4 Å². The van der Waals surface area contributed by atoms with Crippen molar-refractivity contribution >= 4 is 23.0 Å². The second-order valence-electron chi connectivity index (χ2n) is 5.89. The Bertz CT molecular complexity index is 661. The minimum absolute atomic E-state index is 0.491. The number of hydrogen-bond acceptors (Lipinski definition) is 4. The minimum atomic E-state index is 0.491. The third-order valence-electron chi connectivity index (χ3n) is 3.19. The fraction of sp³-hybridized carbons (Fsp3) is 0.389. The van der Waals surface area contributed by atoms with E-state index in [9.17, 15) is 0 Å². The zero-order valence-corrected chi connectivity index (χ0v) is 15.2. The molecule has 0 amide bonds. The maximum Gasteiger partial charge on any atom is 0.235 e. The Morgan fingerprint density at radius 3 is 2.62 bits per heavy atom. The van der Waals surface area contributed by atoms with E-state index in [1.165, 1.54) is 0 Å². The van der Waals surface area contributed by atoms with Crippen LogP contribution in [0.25, 0.3) is 11.3 Å². The SMILES string of the molecule is CCCOc1cc(NC(=S)NCC(C)C)c(-c2ccccc2)nn1. The summed E-state index contributed by atoms with van der Waals surface area (Å²) < 4.78 is 5.59. The van der Waals surface area contributed by atoms with Crippen molar-refractivity contribution < 1.29 is 4.74 Å². The van der Waals surface area contributed by atoms with Gasteiger partial charge in [0, 0.05) is 18.2 Å². The molecule has 0 saturated heterocycles. The molecule has 0 aliphatic rings. The second-order valence-corrected chi connectivity index (χ2v) is 6.30. The molecule has 0 aliphatic heterocycles. The van der Waals surface area contributed by atoms with Crippen molar-refractivity contribution in [3.05, 3.63) is 36.4 Å². The average molecular weight is 344 g/mol. The lowest BCUT2D eigenvalue weighted by Gasteiger charge is -2.15. The van der Waals surface area contributed by atoms with Crippen molar-refractivity contribution in [2.45, 2.75) is 27.2 Å². The Morgan fingerprint density at radius 1 is 1.21 bits per heavy atom. The van der Waals surface area contributed by atoms with Crippen LogP contribution in [0.3, 0.4) is 0 Å². The van der Waals surface area contributed by atoms with Gasteiger partial charge in [-0.25, -0.2) is 0 Å². The van der Waals surface area contributed by atoms with E-state index in [0.29, 0.717) is 23.5 Å². The number of benzene rings is 1.